The second kappa shape index (κ2) is 7.07. The Morgan fingerprint density at radius 2 is 1.67 bits per heavy atom. The SMILES string of the molecule is CCCN(CC(=O)c1cc(C)c(C)cc1C)CC(F)(F)F. The highest BCUT2D eigenvalue weighted by Gasteiger charge is 2.31. The first kappa shape index (κ1) is 17.7. The van der Waals surface area contributed by atoms with Crippen LogP contribution in [0.25, 0.3) is 0 Å². The number of Topliss-reactive ketones (excluding diaryl/α,β-unsaturated/α-hetero) is 1. The van der Waals surface area contributed by atoms with E-state index in [1.165, 1.54) is 0 Å². The van der Waals surface area contributed by atoms with Crippen LogP contribution in [0.3, 0.4) is 0 Å². The Labute approximate surface area is 123 Å². The van der Waals surface area contributed by atoms with Gasteiger partial charge in [0.05, 0.1) is 13.1 Å². The van der Waals surface area contributed by atoms with Crippen molar-refractivity contribution in [2.45, 2.75) is 40.3 Å². The van der Waals surface area contributed by atoms with E-state index < -0.39 is 12.7 Å². The Balaban J connectivity index is 2.89. The van der Waals surface area contributed by atoms with Crippen molar-refractivity contribution in [3.63, 3.8) is 0 Å². The number of halogens is 3. The fourth-order valence-corrected chi connectivity index (χ4v) is 2.33. The highest BCUT2D eigenvalue weighted by molar-refractivity contribution is 5.99. The predicted molar refractivity (Wildman–Crippen MR) is 77.8 cm³/mol. The average Bonchev–Trinajstić information content (AvgIpc) is 2.31. The molecule has 0 spiro atoms. The van der Waals surface area contributed by atoms with Crippen LogP contribution in [0.5, 0.6) is 0 Å². The lowest BCUT2D eigenvalue weighted by Crippen LogP contribution is -2.38. The standard InChI is InChI=1S/C16H22F3NO/c1-5-6-20(10-16(17,18)19)9-15(21)14-8-12(3)11(2)7-13(14)4/h7-8H,5-6,9-10H2,1-4H3. The molecule has 0 N–H and O–H groups in total. The van der Waals surface area contributed by atoms with Gasteiger partial charge in [0.15, 0.2) is 5.78 Å². The van der Waals surface area contributed by atoms with Crippen molar-refractivity contribution in [1.82, 2.24) is 4.90 Å². The van der Waals surface area contributed by atoms with Gasteiger partial charge < -0.3 is 0 Å². The number of carbonyl (C=O) groups excluding carboxylic acids is 1. The first-order chi connectivity index (χ1) is 9.64. The molecule has 2 nitrogen and oxygen atoms in total. The molecule has 118 valence electrons. The maximum atomic E-state index is 12.5. The van der Waals surface area contributed by atoms with E-state index >= 15 is 0 Å². The van der Waals surface area contributed by atoms with Gasteiger partial charge >= 0.3 is 6.18 Å². The molecule has 0 bridgehead atoms. The third-order valence-corrected chi connectivity index (χ3v) is 3.45. The highest BCUT2D eigenvalue weighted by Crippen LogP contribution is 2.19. The molecule has 0 amide bonds. The van der Waals surface area contributed by atoms with E-state index in [-0.39, 0.29) is 18.9 Å². The van der Waals surface area contributed by atoms with Gasteiger partial charge in [-0.05, 0) is 56.5 Å². The Hall–Kier alpha value is -1.36. The Kier molecular flexibility index (Phi) is 5.96. The van der Waals surface area contributed by atoms with Crippen molar-refractivity contribution < 1.29 is 18.0 Å². The summed E-state index contributed by atoms with van der Waals surface area (Å²) in [6, 6.07) is 3.67. The van der Waals surface area contributed by atoms with Gasteiger partial charge in [0, 0.05) is 5.56 Å². The van der Waals surface area contributed by atoms with Crippen LogP contribution in [0, 0.1) is 20.8 Å². The number of aryl methyl sites for hydroxylation is 3. The number of hydrogen-bond donors (Lipinski definition) is 0. The van der Waals surface area contributed by atoms with Crippen molar-refractivity contribution in [3.05, 3.63) is 34.4 Å². The maximum Gasteiger partial charge on any atom is 0.401 e. The topological polar surface area (TPSA) is 20.3 Å². The molecule has 5 heteroatoms. The minimum Gasteiger partial charge on any atom is -0.293 e. The van der Waals surface area contributed by atoms with Gasteiger partial charge in [-0.25, -0.2) is 0 Å². The molecule has 0 radical (unpaired) electrons. The van der Waals surface area contributed by atoms with E-state index in [1.54, 1.807) is 13.0 Å². The summed E-state index contributed by atoms with van der Waals surface area (Å²) in [5, 5.41) is 0. The Morgan fingerprint density at radius 3 is 2.19 bits per heavy atom. The summed E-state index contributed by atoms with van der Waals surface area (Å²) in [5.41, 5.74) is 3.37. The molecule has 0 fully saturated rings. The van der Waals surface area contributed by atoms with Crippen LogP contribution in [0.1, 0.15) is 40.4 Å². The molecular weight excluding hydrogens is 279 g/mol. The maximum absolute atomic E-state index is 12.5. The van der Waals surface area contributed by atoms with E-state index in [2.05, 4.69) is 0 Å². The smallest absolute Gasteiger partial charge is 0.293 e. The Bertz CT molecular complexity index is 509. The van der Waals surface area contributed by atoms with Gasteiger partial charge in [-0.15, -0.1) is 0 Å². The molecular formula is C16H22F3NO. The average molecular weight is 301 g/mol. The van der Waals surface area contributed by atoms with Crippen molar-refractivity contribution in [1.29, 1.82) is 0 Å². The van der Waals surface area contributed by atoms with Crippen molar-refractivity contribution in [2.24, 2.45) is 0 Å². The third kappa shape index (κ3) is 5.50. The first-order valence-electron chi connectivity index (χ1n) is 7.04. The molecule has 0 atom stereocenters. The zero-order valence-corrected chi connectivity index (χ0v) is 13.0. The number of rotatable bonds is 6. The van der Waals surface area contributed by atoms with E-state index in [0.717, 1.165) is 21.6 Å². The van der Waals surface area contributed by atoms with E-state index in [0.29, 0.717) is 12.0 Å². The molecule has 0 heterocycles. The van der Waals surface area contributed by atoms with Crippen LogP contribution >= 0.6 is 0 Å². The molecule has 0 aliphatic carbocycles. The lowest BCUT2D eigenvalue weighted by atomic mass is 9.98. The Morgan fingerprint density at radius 1 is 1.10 bits per heavy atom. The second-order valence-corrected chi connectivity index (χ2v) is 5.50. The third-order valence-electron chi connectivity index (χ3n) is 3.45. The molecule has 0 unspecified atom stereocenters. The van der Waals surface area contributed by atoms with Gasteiger partial charge in [0.25, 0.3) is 0 Å². The summed E-state index contributed by atoms with van der Waals surface area (Å²) in [5.74, 6) is -0.256. The molecule has 0 aliphatic rings. The monoisotopic (exact) mass is 301 g/mol. The lowest BCUT2D eigenvalue weighted by Gasteiger charge is -2.22. The van der Waals surface area contributed by atoms with Crippen LogP contribution in [0.4, 0.5) is 13.2 Å². The second-order valence-electron chi connectivity index (χ2n) is 5.50. The van der Waals surface area contributed by atoms with E-state index in [4.69, 9.17) is 0 Å². The molecule has 21 heavy (non-hydrogen) atoms. The number of benzene rings is 1. The van der Waals surface area contributed by atoms with Crippen LogP contribution in [0.15, 0.2) is 12.1 Å². The zero-order chi connectivity index (χ0) is 16.2. The summed E-state index contributed by atoms with van der Waals surface area (Å²) in [6.45, 7) is 6.47. The highest BCUT2D eigenvalue weighted by atomic mass is 19.4. The van der Waals surface area contributed by atoms with Crippen LogP contribution in [0.2, 0.25) is 0 Å². The normalized spacial score (nSPS) is 12.0. The quantitative estimate of drug-likeness (QED) is 0.738. The molecule has 1 rings (SSSR count). The van der Waals surface area contributed by atoms with Crippen LogP contribution in [-0.4, -0.2) is 36.5 Å². The van der Waals surface area contributed by atoms with E-state index in [1.807, 2.05) is 26.8 Å². The molecule has 1 aromatic rings. The lowest BCUT2D eigenvalue weighted by molar-refractivity contribution is -0.144. The van der Waals surface area contributed by atoms with Crippen LogP contribution in [-0.2, 0) is 0 Å². The fourth-order valence-electron chi connectivity index (χ4n) is 2.33. The van der Waals surface area contributed by atoms with Gasteiger partial charge in [-0.2, -0.15) is 13.2 Å². The summed E-state index contributed by atoms with van der Waals surface area (Å²) < 4.78 is 37.6. The van der Waals surface area contributed by atoms with Gasteiger partial charge in [-0.3, -0.25) is 9.69 Å². The van der Waals surface area contributed by atoms with Crippen molar-refractivity contribution in [2.75, 3.05) is 19.6 Å². The number of nitrogens with zero attached hydrogens (tertiary/aromatic N) is 1. The summed E-state index contributed by atoms with van der Waals surface area (Å²) in [7, 11) is 0. The van der Waals surface area contributed by atoms with Crippen molar-refractivity contribution in [3.8, 4) is 0 Å². The summed E-state index contributed by atoms with van der Waals surface area (Å²) >= 11 is 0. The van der Waals surface area contributed by atoms with Crippen LogP contribution < -0.4 is 0 Å². The minimum absolute atomic E-state index is 0.198. The molecule has 0 aliphatic heterocycles. The first-order valence-corrected chi connectivity index (χ1v) is 7.04. The fraction of sp³-hybridized carbons (Fsp3) is 0.562. The van der Waals surface area contributed by atoms with Gasteiger partial charge in [0.2, 0.25) is 0 Å². The van der Waals surface area contributed by atoms with Gasteiger partial charge in [-0.1, -0.05) is 13.0 Å². The molecule has 0 aromatic heterocycles. The van der Waals surface area contributed by atoms with E-state index in [9.17, 15) is 18.0 Å². The van der Waals surface area contributed by atoms with Crippen molar-refractivity contribution >= 4 is 5.78 Å². The number of ketones is 1. The number of alkyl halides is 3. The molecule has 1 aromatic carbocycles. The minimum atomic E-state index is -4.28. The number of hydrogen-bond acceptors (Lipinski definition) is 2. The summed E-state index contributed by atoms with van der Waals surface area (Å²) in [6.07, 6.45) is -3.71. The molecule has 0 saturated heterocycles. The largest absolute Gasteiger partial charge is 0.401 e. The summed E-state index contributed by atoms with van der Waals surface area (Å²) in [4.78, 5) is 13.5. The zero-order valence-electron chi connectivity index (χ0n) is 13.0. The predicted octanol–water partition coefficient (Wildman–Crippen LogP) is 4.07. The number of carbonyl (C=O) groups is 1. The molecule has 0 saturated carbocycles. The van der Waals surface area contributed by atoms with Gasteiger partial charge in [0.1, 0.15) is 0 Å².